The van der Waals surface area contributed by atoms with Gasteiger partial charge in [0.1, 0.15) is 17.6 Å². The molecule has 224 valence electrons. The maximum absolute atomic E-state index is 15.8. The largest absolute Gasteiger partial charge is 0.381 e. The number of aromatic nitrogens is 3. The molecular weight excluding hydrogens is 523 g/mol. The van der Waals surface area contributed by atoms with Gasteiger partial charge in [0.25, 0.3) is 5.91 Å². The molecule has 1 amide bonds. The number of hydrogen-bond acceptors (Lipinski definition) is 8. The average molecular weight is 569 g/mol. The van der Waals surface area contributed by atoms with E-state index in [1.807, 2.05) is 6.07 Å². The third-order valence-electron chi connectivity index (χ3n) is 9.72. The van der Waals surface area contributed by atoms with Crippen molar-refractivity contribution in [1.82, 2.24) is 19.7 Å². The lowest BCUT2D eigenvalue weighted by Gasteiger charge is -2.42. The molecule has 1 saturated carbocycles. The van der Waals surface area contributed by atoms with Crippen LogP contribution in [0.5, 0.6) is 0 Å². The van der Waals surface area contributed by atoms with Gasteiger partial charge in [0.2, 0.25) is 0 Å². The maximum Gasteiger partial charge on any atom is 0.263 e. The van der Waals surface area contributed by atoms with Crippen LogP contribution in [-0.2, 0) is 10.3 Å². The minimum atomic E-state index is -1.09. The van der Waals surface area contributed by atoms with E-state index in [2.05, 4.69) is 30.5 Å². The SMILES string of the molecule is Nc1nn2c(c1C(=O)Nc1cnccc1N1CCN(C3CCOCC3)CC1)NCC(F)C21CCCCCCCCC1. The van der Waals surface area contributed by atoms with Gasteiger partial charge in [0.05, 0.1) is 23.1 Å². The van der Waals surface area contributed by atoms with Gasteiger partial charge in [-0.2, -0.15) is 5.10 Å². The summed E-state index contributed by atoms with van der Waals surface area (Å²) in [4.78, 5) is 23.0. The zero-order chi connectivity index (χ0) is 28.2. The number of pyridine rings is 1. The molecule has 3 aliphatic heterocycles. The molecule has 3 fully saturated rings. The number of anilines is 4. The number of alkyl halides is 1. The van der Waals surface area contributed by atoms with Gasteiger partial charge in [-0.15, -0.1) is 0 Å². The lowest BCUT2D eigenvalue weighted by Crippen LogP contribution is -2.51. The Balaban J connectivity index is 1.20. The molecule has 4 N–H and O–H groups in total. The number of rotatable bonds is 4. The number of amides is 1. The third-order valence-corrected chi connectivity index (χ3v) is 9.72. The normalized spacial score (nSPS) is 24.4. The van der Waals surface area contributed by atoms with Crippen molar-refractivity contribution in [2.75, 3.05) is 67.2 Å². The number of nitrogens with one attached hydrogen (secondary N) is 2. The minimum absolute atomic E-state index is 0.131. The number of hydrogen-bond donors (Lipinski definition) is 3. The average Bonchev–Trinajstić information content (AvgIpc) is 3.36. The zero-order valence-corrected chi connectivity index (χ0v) is 24.1. The Kier molecular flexibility index (Phi) is 8.62. The van der Waals surface area contributed by atoms with Crippen LogP contribution in [0.4, 0.5) is 27.4 Å². The van der Waals surface area contributed by atoms with Crippen LogP contribution in [0.3, 0.4) is 0 Å². The first-order valence-electron chi connectivity index (χ1n) is 15.7. The van der Waals surface area contributed by atoms with Crippen molar-refractivity contribution in [2.24, 2.45) is 0 Å². The molecule has 41 heavy (non-hydrogen) atoms. The van der Waals surface area contributed by atoms with Crippen molar-refractivity contribution in [1.29, 1.82) is 0 Å². The summed E-state index contributed by atoms with van der Waals surface area (Å²) < 4.78 is 23.0. The van der Waals surface area contributed by atoms with E-state index in [4.69, 9.17) is 10.5 Å². The van der Waals surface area contributed by atoms with E-state index in [0.29, 0.717) is 30.4 Å². The highest BCUT2D eigenvalue weighted by atomic mass is 19.1. The van der Waals surface area contributed by atoms with Gasteiger partial charge >= 0.3 is 0 Å². The van der Waals surface area contributed by atoms with E-state index in [1.54, 1.807) is 17.1 Å². The van der Waals surface area contributed by atoms with Gasteiger partial charge in [-0.3, -0.25) is 14.7 Å². The highest BCUT2D eigenvalue weighted by Crippen LogP contribution is 2.43. The molecule has 6 rings (SSSR count). The number of nitrogen functional groups attached to an aromatic ring is 1. The molecule has 11 heteroatoms. The smallest absolute Gasteiger partial charge is 0.263 e. The maximum atomic E-state index is 15.8. The molecule has 4 aliphatic rings. The fourth-order valence-electron chi connectivity index (χ4n) is 7.37. The molecule has 2 aromatic heterocycles. The van der Waals surface area contributed by atoms with Gasteiger partial charge in [0, 0.05) is 58.2 Å². The lowest BCUT2D eigenvalue weighted by atomic mass is 9.80. The first kappa shape index (κ1) is 28.2. The summed E-state index contributed by atoms with van der Waals surface area (Å²) in [6.07, 6.45) is 13.7. The van der Waals surface area contributed by atoms with Crippen molar-refractivity contribution < 1.29 is 13.9 Å². The predicted octanol–water partition coefficient (Wildman–Crippen LogP) is 4.40. The predicted molar refractivity (Wildman–Crippen MR) is 159 cm³/mol. The first-order chi connectivity index (χ1) is 20.1. The van der Waals surface area contributed by atoms with E-state index in [9.17, 15) is 4.79 Å². The summed E-state index contributed by atoms with van der Waals surface area (Å²) in [6.45, 7) is 5.53. The second-order valence-corrected chi connectivity index (χ2v) is 12.2. The fraction of sp³-hybridized carbons (Fsp3) is 0.700. The van der Waals surface area contributed by atoms with E-state index in [-0.39, 0.29) is 23.8 Å². The Morgan fingerprint density at radius 2 is 1.73 bits per heavy atom. The van der Waals surface area contributed by atoms with Crippen molar-refractivity contribution >= 4 is 28.9 Å². The van der Waals surface area contributed by atoms with Gasteiger partial charge in [-0.25, -0.2) is 9.07 Å². The van der Waals surface area contributed by atoms with Crippen LogP contribution in [0.2, 0.25) is 0 Å². The number of nitrogens with zero attached hydrogens (tertiary/aromatic N) is 5. The monoisotopic (exact) mass is 568 g/mol. The molecule has 1 atom stereocenters. The molecular formula is C30H45FN8O2. The molecule has 2 saturated heterocycles. The number of halogens is 1. The topological polar surface area (TPSA) is 114 Å². The molecule has 1 unspecified atom stereocenters. The van der Waals surface area contributed by atoms with E-state index in [1.165, 1.54) is 19.3 Å². The van der Waals surface area contributed by atoms with E-state index in [0.717, 1.165) is 83.6 Å². The number of piperazine rings is 1. The van der Waals surface area contributed by atoms with E-state index < -0.39 is 11.7 Å². The van der Waals surface area contributed by atoms with Crippen LogP contribution in [0.1, 0.15) is 81.0 Å². The Bertz CT molecular complexity index is 1180. The molecule has 1 aliphatic carbocycles. The Morgan fingerprint density at radius 3 is 2.44 bits per heavy atom. The van der Waals surface area contributed by atoms with Gasteiger partial charge in [-0.05, 0) is 31.7 Å². The van der Waals surface area contributed by atoms with Crippen molar-refractivity contribution in [3.8, 4) is 0 Å². The third kappa shape index (κ3) is 5.75. The highest BCUT2D eigenvalue weighted by Gasteiger charge is 2.47. The van der Waals surface area contributed by atoms with Gasteiger partial charge in [-0.1, -0.05) is 44.9 Å². The van der Waals surface area contributed by atoms with Crippen molar-refractivity contribution in [3.63, 3.8) is 0 Å². The Labute approximate surface area is 242 Å². The molecule has 10 nitrogen and oxygen atoms in total. The second-order valence-electron chi connectivity index (χ2n) is 12.2. The van der Waals surface area contributed by atoms with Crippen LogP contribution in [0.15, 0.2) is 18.5 Å². The standard InChI is InChI=1S/C30H45FN8O2/c31-25-21-34-28-26(27(32)36-39(28)30(25)11-6-4-2-1-3-5-7-12-30)29(40)35-23-20-33-13-8-24(23)38-16-14-37(15-17-38)22-9-18-41-19-10-22/h8,13,20,22,25,34H,1-7,9-12,14-19,21H2,(H2,32,36)(H,35,40). The van der Waals surface area contributed by atoms with Gasteiger partial charge < -0.3 is 26.0 Å². The fourth-order valence-corrected chi connectivity index (χ4v) is 7.37. The molecule has 2 aromatic rings. The van der Waals surface area contributed by atoms with Crippen molar-refractivity contribution in [2.45, 2.75) is 88.4 Å². The zero-order valence-electron chi connectivity index (χ0n) is 24.1. The quantitative estimate of drug-likeness (QED) is 0.498. The summed E-state index contributed by atoms with van der Waals surface area (Å²) in [5.41, 5.74) is 7.51. The Morgan fingerprint density at radius 1 is 1.05 bits per heavy atom. The number of fused-ring (bicyclic) bond motifs is 2. The van der Waals surface area contributed by atoms with Crippen LogP contribution < -0.4 is 21.3 Å². The molecule has 0 radical (unpaired) electrons. The van der Waals surface area contributed by atoms with E-state index >= 15 is 4.39 Å². The Hall–Kier alpha value is -2.92. The lowest BCUT2D eigenvalue weighted by molar-refractivity contribution is 0.0321. The molecule has 0 bridgehead atoms. The first-order valence-corrected chi connectivity index (χ1v) is 15.7. The van der Waals surface area contributed by atoms with Crippen LogP contribution >= 0.6 is 0 Å². The summed E-state index contributed by atoms with van der Waals surface area (Å²) >= 11 is 0. The van der Waals surface area contributed by atoms with Crippen molar-refractivity contribution in [3.05, 3.63) is 24.0 Å². The summed E-state index contributed by atoms with van der Waals surface area (Å²) in [5, 5.41) is 10.9. The molecule has 0 aromatic carbocycles. The van der Waals surface area contributed by atoms with Gasteiger partial charge in [0.15, 0.2) is 5.82 Å². The van der Waals surface area contributed by atoms with Crippen LogP contribution in [-0.4, -0.2) is 83.7 Å². The molecule has 1 spiro atoms. The highest BCUT2D eigenvalue weighted by molar-refractivity contribution is 6.12. The number of nitrogens with two attached hydrogens (primary N) is 1. The van der Waals surface area contributed by atoms with Crippen LogP contribution in [0.25, 0.3) is 0 Å². The number of carbonyl (C=O) groups excluding carboxylic acids is 1. The summed E-state index contributed by atoms with van der Waals surface area (Å²) in [6, 6.07) is 2.54. The number of carbonyl (C=O) groups is 1. The number of ether oxygens (including phenoxy) is 1. The molecule has 5 heterocycles. The van der Waals surface area contributed by atoms with Crippen LogP contribution in [0, 0.1) is 0 Å². The minimum Gasteiger partial charge on any atom is -0.381 e. The second kappa shape index (κ2) is 12.5. The summed E-state index contributed by atoms with van der Waals surface area (Å²) in [7, 11) is 0. The summed E-state index contributed by atoms with van der Waals surface area (Å²) in [5.74, 6) is 0.311.